The highest BCUT2D eigenvalue weighted by Gasteiger charge is 2.19. The number of nitro groups is 3. The van der Waals surface area contributed by atoms with E-state index >= 15 is 0 Å². The molecule has 0 radical (unpaired) electrons. The highest BCUT2D eigenvalue weighted by Crippen LogP contribution is 2.36. The molecular formula is C70H54Br6Cl6F3N19O13S. The van der Waals surface area contributed by atoms with Crippen molar-refractivity contribution in [2.75, 3.05) is 27.8 Å². The molecule has 14 aromatic rings. The van der Waals surface area contributed by atoms with Crippen LogP contribution in [0.4, 0.5) is 70.3 Å². The number of nitro benzene ring substituents is 3. The predicted molar refractivity (Wildman–Crippen MR) is 476 cm³/mol. The first kappa shape index (κ1) is 100. The molecule has 0 spiro atoms. The number of carboxylic acid groups (broad SMARTS) is 1. The SMILES string of the molecule is C.CC(C)O.NC=O.Nc1cc(Br)ccc1C(=O)O.Nc1cc2c(Nc3ccc(F)c(Cl)c3)ncnc2cc1Br.Nc1ccc(F)c(Cl)c1.O=S(Cl)Cl.O=[N+]([O-])c1cc2c(Cl)ncnc2cc1Br.O=[N+]([O-])c1cc2c(Nc3ccc(F)c(Cl)c3)ncnc2cc1Br.O=c1[nH]cnc2cc(Br)c([N+](=O)[O-])cc12.O=c1[nH]cnc2cc(Br)ccc12. The number of aliphatic hydroxyl groups excluding tert-OH is 1. The first-order valence-electron chi connectivity index (χ1n) is 31.1. The number of anilines is 7. The number of carboxylic acids is 1. The number of halogens is 15. The van der Waals surface area contributed by atoms with Crippen LogP contribution in [0.2, 0.25) is 20.2 Å². The van der Waals surface area contributed by atoms with Crippen molar-refractivity contribution in [1.29, 1.82) is 0 Å². The Balaban J connectivity index is 0.000000288. The van der Waals surface area contributed by atoms with Gasteiger partial charge in [0.05, 0.1) is 99.8 Å². The molecular weight excluding hydrogens is 2100 g/mol. The molecule has 14 rings (SSSR count). The van der Waals surface area contributed by atoms with Gasteiger partial charge < -0.3 is 53.7 Å². The number of aliphatic hydroxyl groups is 1. The lowest BCUT2D eigenvalue weighted by molar-refractivity contribution is -0.385. The van der Waals surface area contributed by atoms with Crippen molar-refractivity contribution >= 4 is 297 Å². The van der Waals surface area contributed by atoms with Crippen molar-refractivity contribution in [3.05, 3.63) is 292 Å². The lowest BCUT2D eigenvalue weighted by Gasteiger charge is -2.10. The van der Waals surface area contributed by atoms with Gasteiger partial charge in [0.1, 0.15) is 53.2 Å². The van der Waals surface area contributed by atoms with Crippen LogP contribution in [-0.4, -0.2) is 97.5 Å². The normalized spacial score (nSPS) is 10.1. The number of carbonyl (C=O) groups excluding carboxylic acids is 1. The van der Waals surface area contributed by atoms with Gasteiger partial charge in [-0.15, -0.1) is 0 Å². The first-order chi connectivity index (χ1) is 55.1. The number of benzene rings is 9. The van der Waals surface area contributed by atoms with Crippen molar-refractivity contribution in [3.8, 4) is 0 Å². The van der Waals surface area contributed by atoms with Gasteiger partial charge in [0, 0.05) is 104 Å². The molecule has 5 aromatic heterocycles. The fourth-order valence-corrected chi connectivity index (χ4v) is 11.8. The molecule has 32 nitrogen and oxygen atoms in total. The summed E-state index contributed by atoms with van der Waals surface area (Å²) < 4.78 is 51.3. The predicted octanol–water partition coefficient (Wildman–Crippen LogP) is 20.5. The Kier molecular flexibility index (Phi) is 41.4. The molecule has 618 valence electrons. The zero-order valence-electron chi connectivity index (χ0n) is 58.5. The van der Waals surface area contributed by atoms with Gasteiger partial charge in [-0.1, -0.05) is 85.7 Å². The molecule has 0 saturated heterocycles. The number of hydrogen-bond acceptors (Lipinski definition) is 25. The molecule has 48 heteroatoms. The van der Waals surface area contributed by atoms with Crippen LogP contribution in [0.1, 0.15) is 31.6 Å². The summed E-state index contributed by atoms with van der Waals surface area (Å²) in [5.74, 6) is -1.52. The van der Waals surface area contributed by atoms with E-state index in [9.17, 15) is 57.9 Å². The maximum Gasteiger partial charge on any atom is 0.337 e. The Hall–Kier alpha value is -10.1. The number of nitrogens with zero attached hydrogens (tertiary/aromatic N) is 11. The van der Waals surface area contributed by atoms with Crippen molar-refractivity contribution in [2.45, 2.75) is 27.4 Å². The molecule has 0 unspecified atom stereocenters. The zero-order chi connectivity index (χ0) is 87.2. The molecule has 0 aliphatic heterocycles. The second-order valence-corrected chi connectivity index (χ2v) is 31.3. The van der Waals surface area contributed by atoms with Crippen molar-refractivity contribution in [3.63, 3.8) is 0 Å². The van der Waals surface area contributed by atoms with Crippen molar-refractivity contribution in [2.24, 2.45) is 5.73 Å². The standard InChI is InChI=1S/C14H7BrClFN4O2.C14H9BrClFN4.C8H3BrClN3O2.C8H4BrN3O3.C8H5BrN2O.C7H6BrNO2.C6H5ClFN.C3H8O.CH3NO.CH4.Cl2OS/c15-9-5-12-8(4-13(9)21(22)23)14(19-6-18-12)20-7-1-2-11(17)10(16)3-7;15-9-5-13-8(4-12(9)18)14(20-6-19-13)21-7-1-2-11(17)10(16)3-7;9-5-2-6-4(1-7(5)13(14)15)8(10)12-3-11-6;9-5-2-6-4(1-7(5)12(14)15)8(13)11-3-10-6;9-5-1-2-6-7(3-5)10-4-11-8(6)12;8-4-1-2-5(7(10)11)6(9)3-4;7-5-3-4(9)1-2-6(5)8;1-3(2)4;2-1-3;;1-4(2)3/h1-6H,(H,18,19,20);1-6H,18H2,(H,19,20,21);1-3H;1-3H,(H,10,11,13);1-4H,(H,10,11,12);1-3H,9H2,(H,10,11);1-3H,9H2;3-4H,1-2H3;1H,(H2,2,3);1H4;. The van der Waals surface area contributed by atoms with Crippen LogP contribution in [0, 0.1) is 47.8 Å². The van der Waals surface area contributed by atoms with Gasteiger partial charge >= 0.3 is 5.97 Å². The van der Waals surface area contributed by atoms with Gasteiger partial charge in [-0.05, 0) is 199 Å². The third-order valence-electron chi connectivity index (χ3n) is 13.6. The summed E-state index contributed by atoms with van der Waals surface area (Å²) in [7, 11) is 7.36. The zero-order valence-corrected chi connectivity index (χ0v) is 73.4. The van der Waals surface area contributed by atoms with Gasteiger partial charge in [0.25, 0.3) is 28.2 Å². The van der Waals surface area contributed by atoms with E-state index in [2.05, 4.69) is 183 Å². The molecule has 118 heavy (non-hydrogen) atoms. The van der Waals surface area contributed by atoms with Crippen LogP contribution < -0.4 is 44.7 Å². The summed E-state index contributed by atoms with van der Waals surface area (Å²) in [6, 6.07) is 34.6. The Bertz CT molecular complexity index is 6140. The fraction of sp³-hybridized carbons (Fsp3) is 0.0571. The quantitative estimate of drug-likeness (QED) is 0.0169. The minimum Gasteiger partial charge on any atom is -0.478 e. The Morgan fingerprint density at radius 3 is 1.28 bits per heavy atom. The van der Waals surface area contributed by atoms with Gasteiger partial charge in [0.15, 0.2) is 0 Å². The van der Waals surface area contributed by atoms with Crippen LogP contribution >= 0.6 is 163 Å². The lowest BCUT2D eigenvalue weighted by atomic mass is 10.2. The van der Waals surface area contributed by atoms with Crippen LogP contribution in [0.5, 0.6) is 0 Å². The Morgan fingerprint density at radius 2 is 0.864 bits per heavy atom. The van der Waals surface area contributed by atoms with E-state index in [1.165, 1.54) is 117 Å². The Morgan fingerprint density at radius 1 is 0.508 bits per heavy atom. The third-order valence-corrected chi connectivity index (χ3v) is 18.3. The van der Waals surface area contributed by atoms with E-state index < -0.39 is 53.0 Å². The minimum absolute atomic E-state index is 0. The maximum atomic E-state index is 13.2. The highest BCUT2D eigenvalue weighted by atomic mass is 79.9. The Labute approximate surface area is 744 Å². The average molecular weight is 2150 g/mol. The summed E-state index contributed by atoms with van der Waals surface area (Å²) in [6.07, 6.45) is 6.81. The third kappa shape index (κ3) is 31.3. The molecule has 0 atom stereocenters. The average Bonchev–Trinajstić information content (AvgIpc) is 0.810. The number of H-pyrrole nitrogens is 2. The number of carbonyl (C=O) groups is 2. The highest BCUT2D eigenvalue weighted by molar-refractivity contribution is 9.11. The maximum absolute atomic E-state index is 13.2. The second-order valence-electron chi connectivity index (χ2n) is 22.0. The van der Waals surface area contributed by atoms with Crippen LogP contribution in [0.15, 0.2) is 208 Å². The number of hydrogen-bond donors (Lipinski definition) is 10. The van der Waals surface area contributed by atoms with Gasteiger partial charge in [0.2, 0.25) is 15.6 Å². The fourth-order valence-electron chi connectivity index (χ4n) is 8.60. The number of primary amides is 1. The molecule has 5 heterocycles. The number of nitrogen functional groups attached to an aromatic ring is 3. The number of nitrogens with one attached hydrogen (secondary N) is 4. The molecule has 0 aliphatic rings. The molecule has 1 amide bonds. The smallest absolute Gasteiger partial charge is 0.337 e. The summed E-state index contributed by atoms with van der Waals surface area (Å²) >= 11 is 41.8. The summed E-state index contributed by atoms with van der Waals surface area (Å²) in [6.45, 7) is 3.44. The van der Waals surface area contributed by atoms with Crippen LogP contribution in [0.25, 0.3) is 54.5 Å². The van der Waals surface area contributed by atoms with E-state index in [0.29, 0.717) is 86.0 Å². The van der Waals surface area contributed by atoms with E-state index in [0.717, 1.165) is 24.3 Å². The van der Waals surface area contributed by atoms with Gasteiger partial charge in [-0.2, -0.15) is 0 Å². The number of aromatic carboxylic acids is 1. The van der Waals surface area contributed by atoms with Crippen molar-refractivity contribution < 1.29 is 52.0 Å². The molecule has 9 aromatic carbocycles. The van der Waals surface area contributed by atoms with E-state index in [4.69, 9.17) is 82.8 Å². The largest absolute Gasteiger partial charge is 0.478 e. The topological polar surface area (TPSA) is 518 Å². The summed E-state index contributed by atoms with van der Waals surface area (Å²) in [5.41, 5.74) is 25.5. The van der Waals surface area contributed by atoms with E-state index in [1.54, 1.807) is 50.2 Å². The number of aromatic nitrogens is 10. The monoisotopic (exact) mass is 2140 g/mol. The van der Waals surface area contributed by atoms with E-state index in [-0.39, 0.29) is 79.4 Å². The van der Waals surface area contributed by atoms with Gasteiger partial charge in [-0.25, -0.2) is 62.0 Å². The number of rotatable bonds is 8. The molecule has 0 aliphatic carbocycles. The van der Waals surface area contributed by atoms with Crippen LogP contribution in [-0.2, 0) is 14.0 Å². The number of nitrogens with two attached hydrogens (primary N) is 4. The number of amides is 1. The molecule has 0 fully saturated rings. The molecule has 14 N–H and O–H groups in total. The van der Waals surface area contributed by atoms with E-state index in [1.807, 2.05) is 18.2 Å². The van der Waals surface area contributed by atoms with Gasteiger partial charge in [-0.3, -0.25) is 44.7 Å². The lowest BCUT2D eigenvalue weighted by Crippen LogP contribution is -2.06. The van der Waals surface area contributed by atoms with Crippen molar-refractivity contribution in [1.82, 2.24) is 49.8 Å². The summed E-state index contributed by atoms with van der Waals surface area (Å²) in [4.78, 5) is 109. The minimum atomic E-state index is -1.67. The van der Waals surface area contributed by atoms with Crippen LogP contribution in [0.3, 0.4) is 0 Å². The summed E-state index contributed by atoms with van der Waals surface area (Å²) in [5, 5.41) is 57.8. The second kappa shape index (κ2) is 48.7. The molecule has 0 bridgehead atoms. The first-order valence-corrected chi connectivity index (χ1v) is 40.2. The number of aromatic amines is 2. The number of fused-ring (bicyclic) bond motifs is 5. The molecule has 0 saturated carbocycles.